The molecular formula is C9H16F3NO2. The monoisotopic (exact) mass is 227 g/mol. The first-order valence-electron chi connectivity index (χ1n) is 4.86. The van der Waals surface area contributed by atoms with E-state index in [1.54, 1.807) is 0 Å². The number of rotatable bonds is 7. The number of carboxylic acid groups (broad SMARTS) is 1. The Morgan fingerprint density at radius 3 is 2.33 bits per heavy atom. The Balaban J connectivity index is 3.80. The predicted molar refractivity (Wildman–Crippen MR) is 49.7 cm³/mol. The summed E-state index contributed by atoms with van der Waals surface area (Å²) in [7, 11) is 0. The van der Waals surface area contributed by atoms with Crippen molar-refractivity contribution < 1.29 is 23.1 Å². The van der Waals surface area contributed by atoms with Gasteiger partial charge in [-0.1, -0.05) is 6.92 Å². The molecule has 15 heavy (non-hydrogen) atoms. The highest BCUT2D eigenvalue weighted by molar-refractivity contribution is 5.69. The van der Waals surface area contributed by atoms with Gasteiger partial charge in [-0.2, -0.15) is 13.2 Å². The first-order chi connectivity index (χ1) is 6.85. The smallest absolute Gasteiger partial charge is 0.389 e. The Morgan fingerprint density at radius 1 is 1.33 bits per heavy atom. The highest BCUT2D eigenvalue weighted by Gasteiger charge is 2.26. The van der Waals surface area contributed by atoms with E-state index in [9.17, 15) is 18.0 Å². The average molecular weight is 227 g/mol. The van der Waals surface area contributed by atoms with Gasteiger partial charge in [-0.25, -0.2) is 0 Å². The van der Waals surface area contributed by atoms with Gasteiger partial charge in [-0.15, -0.1) is 0 Å². The van der Waals surface area contributed by atoms with Crippen LogP contribution in [0, 0.1) is 0 Å². The Bertz CT molecular complexity index is 194. The fraction of sp³-hybridized carbons (Fsp3) is 0.889. The number of carbonyl (C=O) groups is 1. The molecule has 0 atom stereocenters. The third-order valence-electron chi connectivity index (χ3n) is 1.83. The number of carboxylic acids is 1. The first-order valence-corrected chi connectivity index (χ1v) is 4.86. The SMILES string of the molecule is CCCN(CCCC(F)(F)F)CC(=O)O. The number of halogens is 3. The zero-order valence-corrected chi connectivity index (χ0v) is 8.68. The summed E-state index contributed by atoms with van der Waals surface area (Å²) in [6.07, 6.45) is -4.32. The summed E-state index contributed by atoms with van der Waals surface area (Å²) in [5.41, 5.74) is 0. The number of nitrogens with zero attached hydrogens (tertiary/aromatic N) is 1. The van der Waals surface area contributed by atoms with Crippen molar-refractivity contribution in [2.75, 3.05) is 19.6 Å². The molecule has 1 N–H and O–H groups in total. The normalized spacial score (nSPS) is 12.1. The molecule has 0 aliphatic heterocycles. The lowest BCUT2D eigenvalue weighted by Gasteiger charge is -2.19. The summed E-state index contributed by atoms with van der Waals surface area (Å²) in [4.78, 5) is 11.9. The molecule has 0 radical (unpaired) electrons. The second kappa shape index (κ2) is 6.66. The van der Waals surface area contributed by atoms with Gasteiger partial charge in [-0.3, -0.25) is 9.69 Å². The molecule has 0 saturated carbocycles. The predicted octanol–water partition coefficient (Wildman–Crippen LogP) is 2.13. The highest BCUT2D eigenvalue weighted by atomic mass is 19.4. The van der Waals surface area contributed by atoms with Crippen LogP contribution < -0.4 is 0 Å². The van der Waals surface area contributed by atoms with Gasteiger partial charge in [-0.05, 0) is 25.9 Å². The molecule has 90 valence electrons. The molecule has 0 unspecified atom stereocenters. The van der Waals surface area contributed by atoms with E-state index in [0.717, 1.165) is 6.42 Å². The summed E-state index contributed by atoms with van der Waals surface area (Å²) in [6.45, 7) is 2.37. The summed E-state index contributed by atoms with van der Waals surface area (Å²) in [5, 5.41) is 8.51. The molecule has 0 aliphatic rings. The third-order valence-corrected chi connectivity index (χ3v) is 1.83. The summed E-state index contributed by atoms with van der Waals surface area (Å²) in [5.74, 6) is -1.00. The van der Waals surface area contributed by atoms with Gasteiger partial charge in [0.05, 0.1) is 6.54 Å². The minimum atomic E-state index is -4.15. The molecule has 0 amide bonds. The Hall–Kier alpha value is -0.780. The molecule has 0 aromatic carbocycles. The van der Waals surface area contributed by atoms with Crippen molar-refractivity contribution in [2.24, 2.45) is 0 Å². The van der Waals surface area contributed by atoms with Crippen LogP contribution >= 0.6 is 0 Å². The quantitative estimate of drug-likeness (QED) is 0.724. The maximum absolute atomic E-state index is 11.8. The topological polar surface area (TPSA) is 40.5 Å². The second-order valence-electron chi connectivity index (χ2n) is 3.39. The minimum Gasteiger partial charge on any atom is -0.480 e. The van der Waals surface area contributed by atoms with Crippen molar-refractivity contribution in [1.82, 2.24) is 4.90 Å². The van der Waals surface area contributed by atoms with E-state index < -0.39 is 18.6 Å². The van der Waals surface area contributed by atoms with Gasteiger partial charge in [0.1, 0.15) is 0 Å². The van der Waals surface area contributed by atoms with Gasteiger partial charge < -0.3 is 5.11 Å². The van der Waals surface area contributed by atoms with Crippen LogP contribution in [0.4, 0.5) is 13.2 Å². The van der Waals surface area contributed by atoms with E-state index in [-0.39, 0.29) is 19.5 Å². The number of aliphatic carboxylic acids is 1. The fourth-order valence-electron chi connectivity index (χ4n) is 1.28. The average Bonchev–Trinajstić information content (AvgIpc) is 2.00. The lowest BCUT2D eigenvalue weighted by molar-refractivity contribution is -0.139. The summed E-state index contributed by atoms with van der Waals surface area (Å²) < 4.78 is 35.5. The van der Waals surface area contributed by atoms with Crippen molar-refractivity contribution >= 4 is 5.97 Å². The number of hydrogen-bond acceptors (Lipinski definition) is 2. The molecule has 0 aromatic rings. The maximum atomic E-state index is 11.8. The van der Waals surface area contributed by atoms with Crippen molar-refractivity contribution in [2.45, 2.75) is 32.4 Å². The van der Waals surface area contributed by atoms with E-state index in [1.165, 1.54) is 4.90 Å². The van der Waals surface area contributed by atoms with E-state index in [2.05, 4.69) is 0 Å². The standard InChI is InChI=1S/C9H16F3NO2/c1-2-5-13(7-8(14)15)6-3-4-9(10,11)12/h2-7H2,1H3,(H,14,15). The molecule has 0 fully saturated rings. The second-order valence-corrected chi connectivity index (χ2v) is 3.39. The van der Waals surface area contributed by atoms with Crippen molar-refractivity contribution in [1.29, 1.82) is 0 Å². The Labute approximate surface area is 86.9 Å². The van der Waals surface area contributed by atoms with Gasteiger partial charge in [0, 0.05) is 6.42 Å². The van der Waals surface area contributed by atoms with Crippen LogP contribution in [0.15, 0.2) is 0 Å². The van der Waals surface area contributed by atoms with Crippen molar-refractivity contribution in [3.8, 4) is 0 Å². The van der Waals surface area contributed by atoms with Gasteiger partial charge in [0.15, 0.2) is 0 Å². The summed E-state index contributed by atoms with van der Waals surface area (Å²) in [6, 6.07) is 0. The first kappa shape index (κ1) is 14.2. The van der Waals surface area contributed by atoms with Crippen LogP contribution in [-0.2, 0) is 4.79 Å². The van der Waals surface area contributed by atoms with Crippen LogP contribution in [0.5, 0.6) is 0 Å². The molecule has 0 bridgehead atoms. The molecule has 0 heterocycles. The van der Waals surface area contributed by atoms with Crippen molar-refractivity contribution in [3.63, 3.8) is 0 Å². The molecule has 6 heteroatoms. The van der Waals surface area contributed by atoms with Gasteiger partial charge in [0.25, 0.3) is 0 Å². The summed E-state index contributed by atoms with van der Waals surface area (Å²) >= 11 is 0. The molecule has 0 spiro atoms. The highest BCUT2D eigenvalue weighted by Crippen LogP contribution is 2.21. The molecule has 3 nitrogen and oxygen atoms in total. The van der Waals surface area contributed by atoms with Crippen LogP contribution in [0.2, 0.25) is 0 Å². The van der Waals surface area contributed by atoms with Crippen molar-refractivity contribution in [3.05, 3.63) is 0 Å². The maximum Gasteiger partial charge on any atom is 0.389 e. The number of alkyl halides is 3. The van der Waals surface area contributed by atoms with E-state index in [0.29, 0.717) is 6.54 Å². The van der Waals surface area contributed by atoms with E-state index in [4.69, 9.17) is 5.11 Å². The third kappa shape index (κ3) is 9.52. The van der Waals surface area contributed by atoms with Crippen LogP contribution in [0.1, 0.15) is 26.2 Å². The lowest BCUT2D eigenvalue weighted by atomic mass is 10.2. The minimum absolute atomic E-state index is 0.0449. The number of hydrogen-bond donors (Lipinski definition) is 1. The van der Waals surface area contributed by atoms with Gasteiger partial charge in [0.2, 0.25) is 0 Å². The molecule has 0 saturated heterocycles. The van der Waals surface area contributed by atoms with Crippen LogP contribution in [0.25, 0.3) is 0 Å². The molecule has 0 aliphatic carbocycles. The van der Waals surface area contributed by atoms with E-state index >= 15 is 0 Å². The van der Waals surface area contributed by atoms with E-state index in [1.807, 2.05) is 6.92 Å². The van der Waals surface area contributed by atoms with Crippen LogP contribution in [0.3, 0.4) is 0 Å². The Morgan fingerprint density at radius 2 is 1.93 bits per heavy atom. The lowest BCUT2D eigenvalue weighted by Crippen LogP contribution is -2.32. The molecular weight excluding hydrogens is 211 g/mol. The van der Waals surface area contributed by atoms with Gasteiger partial charge >= 0.3 is 12.1 Å². The van der Waals surface area contributed by atoms with Crippen LogP contribution in [-0.4, -0.2) is 41.8 Å². The zero-order valence-electron chi connectivity index (χ0n) is 8.68. The Kier molecular flexibility index (Phi) is 6.31. The largest absolute Gasteiger partial charge is 0.480 e. The molecule has 0 aromatic heterocycles. The fourth-order valence-corrected chi connectivity index (χ4v) is 1.28. The molecule has 0 rings (SSSR count). The zero-order chi connectivity index (χ0) is 11.9.